The first-order valence-electron chi connectivity index (χ1n) is 15.5. The van der Waals surface area contributed by atoms with E-state index >= 15 is 0 Å². The molecule has 4 aromatic heterocycles. The van der Waals surface area contributed by atoms with Crippen LogP contribution in [0.1, 0.15) is 0 Å². The molecule has 6 aromatic carbocycles. The van der Waals surface area contributed by atoms with Crippen molar-refractivity contribution < 1.29 is 4.42 Å². The minimum absolute atomic E-state index is 0.611. The van der Waals surface area contributed by atoms with Crippen LogP contribution in [-0.2, 0) is 0 Å². The average Bonchev–Trinajstić information content (AvgIpc) is 3.85. The molecule has 0 atom stereocenters. The number of thiophene rings is 1. The normalized spacial score (nSPS) is 11.8. The standard InChI is InChI=1S/C41H24N4OS/c1-2-8-24(9-3-1)26-18-16-25-17-19-27(23-28(25)22-26)38-43-39(32-12-7-15-35-36(32)31-10-4-5-14-34(31)46-35)45-40(44-38)33-13-6-11-29-30-20-21-42-41(30)47-37(29)33/h1-23,42H. The summed E-state index contributed by atoms with van der Waals surface area (Å²) in [5.74, 6) is 1.88. The van der Waals surface area contributed by atoms with Crippen LogP contribution >= 0.6 is 11.3 Å². The second kappa shape index (κ2) is 10.2. The van der Waals surface area contributed by atoms with Gasteiger partial charge in [-0.3, -0.25) is 0 Å². The second-order valence-corrected chi connectivity index (χ2v) is 12.8. The van der Waals surface area contributed by atoms with Crippen LogP contribution in [0.5, 0.6) is 0 Å². The molecule has 10 rings (SSSR count). The molecule has 0 saturated carbocycles. The van der Waals surface area contributed by atoms with Crippen LogP contribution in [0.3, 0.4) is 0 Å². The van der Waals surface area contributed by atoms with Gasteiger partial charge >= 0.3 is 0 Å². The van der Waals surface area contributed by atoms with Crippen LogP contribution < -0.4 is 0 Å². The van der Waals surface area contributed by atoms with E-state index in [1.54, 1.807) is 11.3 Å². The number of nitrogens with one attached hydrogen (secondary N) is 1. The van der Waals surface area contributed by atoms with Crippen molar-refractivity contribution in [3.8, 4) is 45.3 Å². The minimum Gasteiger partial charge on any atom is -0.456 e. The molecule has 0 aliphatic heterocycles. The maximum absolute atomic E-state index is 6.25. The van der Waals surface area contributed by atoms with E-state index in [0.29, 0.717) is 17.5 Å². The Morgan fingerprint density at radius 2 is 1.19 bits per heavy atom. The van der Waals surface area contributed by atoms with Gasteiger partial charge in [0.15, 0.2) is 17.5 Å². The molecule has 0 unspecified atom stereocenters. The van der Waals surface area contributed by atoms with Gasteiger partial charge in [0.05, 0.1) is 0 Å². The lowest BCUT2D eigenvalue weighted by Crippen LogP contribution is -2.00. The van der Waals surface area contributed by atoms with Gasteiger partial charge in [-0.05, 0) is 58.3 Å². The van der Waals surface area contributed by atoms with Gasteiger partial charge in [0.25, 0.3) is 0 Å². The Morgan fingerprint density at radius 1 is 0.489 bits per heavy atom. The fourth-order valence-electron chi connectivity index (χ4n) is 6.69. The van der Waals surface area contributed by atoms with Crippen LogP contribution in [-0.4, -0.2) is 19.9 Å². The molecule has 0 radical (unpaired) electrons. The lowest BCUT2D eigenvalue weighted by atomic mass is 9.99. The second-order valence-electron chi connectivity index (χ2n) is 11.7. The van der Waals surface area contributed by atoms with Crippen LogP contribution in [0.2, 0.25) is 0 Å². The Morgan fingerprint density at radius 3 is 2.11 bits per heavy atom. The number of benzene rings is 6. The van der Waals surface area contributed by atoms with Gasteiger partial charge in [0, 0.05) is 49.1 Å². The zero-order valence-electron chi connectivity index (χ0n) is 24.9. The zero-order chi connectivity index (χ0) is 30.9. The van der Waals surface area contributed by atoms with Crippen molar-refractivity contribution in [1.29, 1.82) is 0 Å². The molecule has 0 spiro atoms. The van der Waals surface area contributed by atoms with Crippen molar-refractivity contribution in [3.63, 3.8) is 0 Å². The van der Waals surface area contributed by atoms with Crippen molar-refractivity contribution >= 4 is 64.4 Å². The third-order valence-corrected chi connectivity index (χ3v) is 10.1. The SMILES string of the molecule is c1ccc(-c2ccc3ccc(-c4nc(-c5cccc6c5sc5[nH]ccc56)nc(-c5cccc6oc7ccccc7c56)n4)cc3c2)cc1. The van der Waals surface area contributed by atoms with Crippen molar-refractivity contribution in [3.05, 3.63) is 140 Å². The van der Waals surface area contributed by atoms with Gasteiger partial charge < -0.3 is 9.40 Å². The molecule has 0 saturated heterocycles. The largest absolute Gasteiger partial charge is 0.456 e. The van der Waals surface area contributed by atoms with E-state index in [-0.39, 0.29) is 0 Å². The van der Waals surface area contributed by atoms with Gasteiger partial charge in [0.1, 0.15) is 16.0 Å². The molecule has 0 amide bonds. The predicted molar refractivity (Wildman–Crippen MR) is 194 cm³/mol. The van der Waals surface area contributed by atoms with Crippen molar-refractivity contribution in [2.45, 2.75) is 0 Å². The molecular weight excluding hydrogens is 597 g/mol. The number of rotatable bonds is 4. The maximum Gasteiger partial charge on any atom is 0.165 e. The Kier molecular flexibility index (Phi) is 5.68. The Hall–Kier alpha value is -6.11. The molecule has 0 aliphatic carbocycles. The molecule has 0 fully saturated rings. The number of furan rings is 1. The van der Waals surface area contributed by atoms with Crippen LogP contribution in [0, 0.1) is 0 Å². The van der Waals surface area contributed by atoms with Gasteiger partial charge in [-0.1, -0.05) is 97.1 Å². The van der Waals surface area contributed by atoms with E-state index in [0.717, 1.165) is 58.9 Å². The fraction of sp³-hybridized carbons (Fsp3) is 0. The third kappa shape index (κ3) is 4.19. The zero-order valence-corrected chi connectivity index (χ0v) is 25.8. The highest BCUT2D eigenvalue weighted by atomic mass is 32.1. The molecule has 47 heavy (non-hydrogen) atoms. The van der Waals surface area contributed by atoms with E-state index in [1.807, 2.05) is 42.6 Å². The lowest BCUT2D eigenvalue weighted by molar-refractivity contribution is 0.669. The van der Waals surface area contributed by atoms with E-state index < -0.39 is 0 Å². The summed E-state index contributed by atoms with van der Waals surface area (Å²) in [6.45, 7) is 0. The van der Waals surface area contributed by atoms with E-state index in [9.17, 15) is 0 Å². The smallest absolute Gasteiger partial charge is 0.165 e. The third-order valence-electron chi connectivity index (χ3n) is 8.94. The number of nitrogens with zero attached hydrogens (tertiary/aromatic N) is 3. The molecule has 220 valence electrons. The number of aromatic amines is 1. The molecule has 5 nitrogen and oxygen atoms in total. The molecule has 1 N–H and O–H groups in total. The number of hydrogen-bond donors (Lipinski definition) is 1. The highest BCUT2D eigenvalue weighted by molar-refractivity contribution is 7.26. The summed E-state index contributed by atoms with van der Waals surface area (Å²) >= 11 is 1.73. The molecule has 0 bridgehead atoms. The van der Waals surface area contributed by atoms with Crippen LogP contribution in [0.15, 0.2) is 144 Å². The summed E-state index contributed by atoms with van der Waals surface area (Å²) in [5.41, 5.74) is 6.83. The number of para-hydroxylation sites is 1. The number of hydrogen-bond acceptors (Lipinski definition) is 5. The Labute approximate surface area is 272 Å². The highest BCUT2D eigenvalue weighted by Gasteiger charge is 2.20. The molecule has 10 aromatic rings. The van der Waals surface area contributed by atoms with Gasteiger partial charge in [0.2, 0.25) is 0 Å². The fourth-order valence-corrected chi connectivity index (χ4v) is 7.87. The highest BCUT2D eigenvalue weighted by Crippen LogP contribution is 2.41. The quantitative estimate of drug-likeness (QED) is 0.213. The summed E-state index contributed by atoms with van der Waals surface area (Å²) in [6, 6.07) is 46.2. The van der Waals surface area contributed by atoms with E-state index in [1.165, 1.54) is 21.9 Å². The summed E-state index contributed by atoms with van der Waals surface area (Å²) in [6.07, 6.45) is 1.99. The minimum atomic E-state index is 0.611. The van der Waals surface area contributed by atoms with Crippen LogP contribution in [0.4, 0.5) is 0 Å². The Bertz CT molecular complexity index is 2810. The summed E-state index contributed by atoms with van der Waals surface area (Å²) in [5, 5.41) is 6.73. The van der Waals surface area contributed by atoms with Gasteiger partial charge in [-0.25, -0.2) is 15.0 Å². The first kappa shape index (κ1) is 26.1. The van der Waals surface area contributed by atoms with E-state index in [2.05, 4.69) is 102 Å². The summed E-state index contributed by atoms with van der Waals surface area (Å²) < 4.78 is 7.40. The number of fused-ring (bicyclic) bond motifs is 7. The van der Waals surface area contributed by atoms with Crippen molar-refractivity contribution in [1.82, 2.24) is 19.9 Å². The lowest BCUT2D eigenvalue weighted by Gasteiger charge is -2.11. The topological polar surface area (TPSA) is 67.6 Å². The number of H-pyrrole nitrogens is 1. The first-order valence-corrected chi connectivity index (χ1v) is 16.3. The monoisotopic (exact) mass is 620 g/mol. The summed E-state index contributed by atoms with van der Waals surface area (Å²) in [7, 11) is 0. The molecule has 0 aliphatic rings. The molecule has 4 heterocycles. The first-order chi connectivity index (χ1) is 23.3. The molecule has 6 heteroatoms. The van der Waals surface area contributed by atoms with Gasteiger partial charge in [-0.2, -0.15) is 0 Å². The van der Waals surface area contributed by atoms with E-state index in [4.69, 9.17) is 19.4 Å². The number of aromatic nitrogens is 4. The average molecular weight is 621 g/mol. The van der Waals surface area contributed by atoms with Crippen molar-refractivity contribution in [2.75, 3.05) is 0 Å². The summed E-state index contributed by atoms with van der Waals surface area (Å²) in [4.78, 5) is 20.1. The Balaban J connectivity index is 1.23. The van der Waals surface area contributed by atoms with Crippen molar-refractivity contribution in [2.24, 2.45) is 0 Å². The molecular formula is C41H24N4OS. The predicted octanol–water partition coefficient (Wildman–Crippen LogP) is 11.3. The van der Waals surface area contributed by atoms with Gasteiger partial charge in [-0.15, -0.1) is 11.3 Å². The van der Waals surface area contributed by atoms with Crippen LogP contribution in [0.25, 0.3) is 98.3 Å². The maximum atomic E-state index is 6.25.